The van der Waals surface area contributed by atoms with E-state index >= 15 is 0 Å². The first-order valence-electron chi connectivity index (χ1n) is 12.9. The number of carbonyl (C=O) groups excluding carboxylic acids is 3. The fourth-order valence-corrected chi connectivity index (χ4v) is 5.09. The summed E-state index contributed by atoms with van der Waals surface area (Å²) < 4.78 is 55.4. The Morgan fingerprint density at radius 1 is 1.05 bits per heavy atom. The molecule has 4 aromatic rings. The predicted molar refractivity (Wildman–Crippen MR) is 146 cm³/mol. The average molecular weight is 592 g/mol. The Hall–Kier alpha value is -5.49. The lowest BCUT2D eigenvalue weighted by atomic mass is 9.80. The molecule has 1 aliphatic heterocycles. The van der Waals surface area contributed by atoms with E-state index in [0.29, 0.717) is 11.8 Å². The maximum atomic E-state index is 14.1. The summed E-state index contributed by atoms with van der Waals surface area (Å²) in [7, 11) is 0. The van der Waals surface area contributed by atoms with Gasteiger partial charge in [0, 0.05) is 28.5 Å². The van der Waals surface area contributed by atoms with Crippen LogP contribution in [-0.4, -0.2) is 40.1 Å². The zero-order chi connectivity index (χ0) is 30.9. The Labute approximate surface area is 241 Å². The summed E-state index contributed by atoms with van der Waals surface area (Å²) in [4.78, 5) is 44.4. The Morgan fingerprint density at radius 3 is 2.37 bits per heavy atom. The van der Waals surface area contributed by atoms with Crippen molar-refractivity contribution in [2.75, 3.05) is 11.4 Å². The molecule has 3 amide bonds. The lowest BCUT2D eigenvalue weighted by Crippen LogP contribution is -2.55. The monoisotopic (exact) mass is 591 g/mol. The molecule has 0 fully saturated rings. The number of amides is 3. The molecule has 1 N–H and O–H groups in total. The van der Waals surface area contributed by atoms with Crippen molar-refractivity contribution in [3.05, 3.63) is 123 Å². The highest BCUT2D eigenvalue weighted by molar-refractivity contribution is 6.07. The van der Waals surface area contributed by atoms with Gasteiger partial charge >= 0.3 is 6.18 Å². The highest BCUT2D eigenvalue weighted by Gasteiger charge is 2.47. The van der Waals surface area contributed by atoms with Gasteiger partial charge in [-0.2, -0.15) is 18.3 Å². The number of likely N-dealkylation sites (N-methyl/N-ethyl adjacent to an activating group) is 1. The minimum absolute atomic E-state index is 0.0333. The van der Waals surface area contributed by atoms with Crippen molar-refractivity contribution in [1.29, 1.82) is 0 Å². The third-order valence-electron chi connectivity index (χ3n) is 6.95. The summed E-state index contributed by atoms with van der Waals surface area (Å²) in [6.07, 6.45) is -4.72. The largest absolute Gasteiger partial charge is 0.416 e. The van der Waals surface area contributed by atoms with Crippen molar-refractivity contribution in [3.8, 4) is 5.69 Å². The summed E-state index contributed by atoms with van der Waals surface area (Å²) in [6.45, 7) is 1.68. The number of alkyl halides is 3. The number of hydrogen-bond donors (Lipinski definition) is 1. The number of aromatic nitrogens is 2. The van der Waals surface area contributed by atoms with Gasteiger partial charge in [0.25, 0.3) is 17.7 Å². The van der Waals surface area contributed by atoms with Crippen molar-refractivity contribution >= 4 is 23.5 Å². The molecule has 0 unspecified atom stereocenters. The summed E-state index contributed by atoms with van der Waals surface area (Å²) >= 11 is 0. The maximum Gasteiger partial charge on any atom is 0.416 e. The van der Waals surface area contributed by atoms with Gasteiger partial charge in [-0.1, -0.05) is 36.4 Å². The molecule has 0 spiro atoms. The first-order chi connectivity index (χ1) is 20.5. The van der Waals surface area contributed by atoms with Gasteiger partial charge in [-0.3, -0.25) is 19.3 Å². The smallest absolute Gasteiger partial charge is 0.339 e. The van der Waals surface area contributed by atoms with Crippen LogP contribution in [0.15, 0.2) is 84.0 Å². The SMILES string of the molecule is CCN1C(=O)[C@H](NC(=O)c2cccc(C(F)(F)F)c2)[C@H](c2ccc(F)cc2)c2c(C(=O)N=[N+]=[N-])nn(-c3ccccc3)c21. The van der Waals surface area contributed by atoms with Crippen LogP contribution in [0.3, 0.4) is 0 Å². The van der Waals surface area contributed by atoms with Crippen LogP contribution in [0.1, 0.15) is 50.4 Å². The number of nitrogens with zero attached hydrogens (tertiary/aromatic N) is 6. The molecule has 0 saturated carbocycles. The van der Waals surface area contributed by atoms with Gasteiger partial charge in [0.15, 0.2) is 0 Å². The molecule has 3 aromatic carbocycles. The fraction of sp³-hybridized carbons (Fsp3) is 0.172. The minimum Gasteiger partial charge on any atom is -0.339 e. The molecule has 1 aromatic heterocycles. The van der Waals surface area contributed by atoms with E-state index in [-0.39, 0.29) is 34.7 Å². The predicted octanol–water partition coefficient (Wildman–Crippen LogP) is 5.78. The second-order valence-corrected chi connectivity index (χ2v) is 9.47. The van der Waals surface area contributed by atoms with E-state index in [2.05, 4.69) is 20.4 Å². The summed E-state index contributed by atoms with van der Waals surface area (Å²) in [5.41, 5.74) is 8.10. The summed E-state index contributed by atoms with van der Waals surface area (Å²) in [5, 5.41) is 10.1. The second kappa shape index (κ2) is 11.4. The van der Waals surface area contributed by atoms with E-state index in [1.807, 2.05) is 0 Å². The molecule has 0 radical (unpaired) electrons. The molecule has 0 aliphatic carbocycles. The maximum absolute atomic E-state index is 14.1. The molecule has 1 aliphatic rings. The molecule has 0 saturated heterocycles. The van der Waals surface area contributed by atoms with Crippen LogP contribution in [0.5, 0.6) is 0 Å². The molecular formula is C29H21F4N7O3. The third-order valence-corrected chi connectivity index (χ3v) is 6.95. The zero-order valence-corrected chi connectivity index (χ0v) is 22.3. The Morgan fingerprint density at radius 2 is 1.74 bits per heavy atom. The molecule has 5 rings (SSSR count). The molecule has 14 heteroatoms. The van der Waals surface area contributed by atoms with Crippen LogP contribution in [0.2, 0.25) is 0 Å². The fourth-order valence-electron chi connectivity index (χ4n) is 5.09. The van der Waals surface area contributed by atoms with Crippen LogP contribution < -0.4 is 10.2 Å². The second-order valence-electron chi connectivity index (χ2n) is 9.47. The van der Waals surface area contributed by atoms with Crippen molar-refractivity contribution in [2.24, 2.45) is 5.11 Å². The lowest BCUT2D eigenvalue weighted by Gasteiger charge is -2.38. The van der Waals surface area contributed by atoms with Crippen molar-refractivity contribution in [1.82, 2.24) is 15.1 Å². The quantitative estimate of drug-likeness (QED) is 0.132. The Kier molecular flexibility index (Phi) is 7.70. The number of fused-ring (bicyclic) bond motifs is 1. The van der Waals surface area contributed by atoms with Crippen molar-refractivity contribution in [2.45, 2.75) is 25.1 Å². The highest BCUT2D eigenvalue weighted by Crippen LogP contribution is 2.44. The van der Waals surface area contributed by atoms with Gasteiger partial charge in [0.1, 0.15) is 23.4 Å². The number of azide groups is 1. The number of rotatable bonds is 6. The number of benzene rings is 3. The van der Waals surface area contributed by atoms with Crippen LogP contribution in [0.25, 0.3) is 16.1 Å². The number of anilines is 1. The van der Waals surface area contributed by atoms with Gasteiger partial charge in [-0.05, 0) is 65.6 Å². The van der Waals surface area contributed by atoms with E-state index < -0.39 is 47.2 Å². The summed E-state index contributed by atoms with van der Waals surface area (Å²) in [6, 6.07) is 15.6. The number of nitrogens with one attached hydrogen (secondary N) is 1. The van der Waals surface area contributed by atoms with Gasteiger partial charge in [-0.25, -0.2) is 9.07 Å². The Bertz CT molecular complexity index is 1770. The summed E-state index contributed by atoms with van der Waals surface area (Å²) in [5.74, 6) is -4.37. The van der Waals surface area contributed by atoms with Crippen molar-refractivity contribution in [3.63, 3.8) is 0 Å². The molecule has 10 nitrogen and oxygen atoms in total. The molecule has 218 valence electrons. The topological polar surface area (TPSA) is 133 Å². The van der Waals surface area contributed by atoms with Crippen LogP contribution in [-0.2, 0) is 11.0 Å². The van der Waals surface area contributed by atoms with E-state index in [9.17, 15) is 31.9 Å². The van der Waals surface area contributed by atoms with E-state index in [4.69, 9.17) is 5.53 Å². The highest BCUT2D eigenvalue weighted by atomic mass is 19.4. The van der Waals surface area contributed by atoms with E-state index in [1.54, 1.807) is 37.3 Å². The number of para-hydroxylation sites is 1. The van der Waals surface area contributed by atoms with E-state index in [1.165, 1.54) is 21.7 Å². The van der Waals surface area contributed by atoms with Crippen LogP contribution in [0.4, 0.5) is 23.4 Å². The van der Waals surface area contributed by atoms with Crippen LogP contribution >= 0.6 is 0 Å². The number of halogens is 4. The molecule has 2 atom stereocenters. The first kappa shape index (κ1) is 29.0. The van der Waals surface area contributed by atoms with Gasteiger partial charge in [-0.15, -0.1) is 0 Å². The van der Waals surface area contributed by atoms with Gasteiger partial charge < -0.3 is 5.32 Å². The lowest BCUT2D eigenvalue weighted by molar-refractivity contribution is -0.137. The molecular weight excluding hydrogens is 570 g/mol. The van der Waals surface area contributed by atoms with Crippen molar-refractivity contribution < 1.29 is 31.9 Å². The normalized spacial score (nSPS) is 16.3. The van der Waals surface area contributed by atoms with Crippen LogP contribution in [0, 0.1) is 5.82 Å². The average Bonchev–Trinajstić information content (AvgIpc) is 3.38. The zero-order valence-electron chi connectivity index (χ0n) is 22.3. The third kappa shape index (κ3) is 5.43. The standard InChI is InChI=1S/C29H21F4N7O3/c1-2-39-27-22(23(26(42)36-38-34)37-40(27)20-9-4-3-5-10-20)21(16-11-13-19(30)14-12-16)24(28(39)43)35-25(41)17-7-6-8-18(15-17)29(31,32)33/h3-15,21,24H,2H2,1H3,(H,35,41)/t21-,24-/m1/s1. The Balaban J connectivity index is 1.74. The number of carbonyl (C=O) groups is 3. The molecule has 0 bridgehead atoms. The van der Waals surface area contributed by atoms with Gasteiger partial charge in [0.2, 0.25) is 0 Å². The van der Waals surface area contributed by atoms with E-state index in [0.717, 1.165) is 30.3 Å². The number of hydrogen-bond acceptors (Lipinski definition) is 4. The minimum atomic E-state index is -4.72. The molecule has 43 heavy (non-hydrogen) atoms. The van der Waals surface area contributed by atoms with Gasteiger partial charge in [0.05, 0.1) is 11.3 Å². The first-order valence-corrected chi connectivity index (χ1v) is 12.9. The molecule has 2 heterocycles.